The summed E-state index contributed by atoms with van der Waals surface area (Å²) in [7, 11) is 0. The van der Waals surface area contributed by atoms with Crippen LogP contribution in [-0.4, -0.2) is 40.3 Å². The summed E-state index contributed by atoms with van der Waals surface area (Å²) in [5.74, 6) is 0.639. The van der Waals surface area contributed by atoms with E-state index in [9.17, 15) is 4.79 Å². The smallest absolute Gasteiger partial charge is 0.404 e. The molecule has 1 fully saturated rings. The summed E-state index contributed by atoms with van der Waals surface area (Å²) in [6, 6.07) is 16.3. The van der Waals surface area contributed by atoms with Crippen molar-refractivity contribution in [2.75, 3.05) is 18.0 Å². The van der Waals surface area contributed by atoms with Crippen molar-refractivity contribution in [1.29, 1.82) is 0 Å². The maximum atomic E-state index is 10.8. The lowest BCUT2D eigenvalue weighted by Gasteiger charge is -2.17. The Bertz CT molecular complexity index is 928. The summed E-state index contributed by atoms with van der Waals surface area (Å²) < 4.78 is 0. The highest BCUT2D eigenvalue weighted by Crippen LogP contribution is 2.25. The third-order valence-corrected chi connectivity index (χ3v) is 4.49. The number of rotatable bonds is 3. The average molecular weight is 334 g/mol. The lowest BCUT2D eigenvalue weighted by Crippen LogP contribution is -2.36. The number of nitrogens with zero attached hydrogens (tertiary/aromatic N) is 3. The van der Waals surface area contributed by atoms with Crippen molar-refractivity contribution in [3.63, 3.8) is 0 Å². The van der Waals surface area contributed by atoms with Crippen LogP contribution < -0.4 is 10.2 Å². The number of benzene rings is 2. The molecule has 2 aromatic carbocycles. The van der Waals surface area contributed by atoms with Gasteiger partial charge in [0.1, 0.15) is 0 Å². The third kappa shape index (κ3) is 3.24. The molecular formula is C19H18N4O2. The van der Waals surface area contributed by atoms with Crippen molar-refractivity contribution < 1.29 is 9.90 Å². The first-order valence-corrected chi connectivity index (χ1v) is 8.26. The van der Waals surface area contributed by atoms with E-state index in [-0.39, 0.29) is 6.04 Å². The molecule has 1 atom stereocenters. The van der Waals surface area contributed by atoms with Gasteiger partial charge in [-0.25, -0.2) is 14.8 Å². The lowest BCUT2D eigenvalue weighted by molar-refractivity contribution is 0.191. The number of hydrogen-bond acceptors (Lipinski definition) is 4. The van der Waals surface area contributed by atoms with E-state index in [1.807, 2.05) is 23.1 Å². The molecule has 1 aliphatic rings. The second-order valence-electron chi connectivity index (χ2n) is 6.18. The number of hydrogen-bond donors (Lipinski definition) is 2. The van der Waals surface area contributed by atoms with Crippen LogP contribution in [-0.2, 0) is 0 Å². The molecule has 1 aliphatic heterocycles. The van der Waals surface area contributed by atoms with Gasteiger partial charge >= 0.3 is 6.09 Å². The number of fused-ring (bicyclic) bond motifs is 1. The number of nitrogens with one attached hydrogen (secondary N) is 1. The highest BCUT2D eigenvalue weighted by atomic mass is 16.4. The van der Waals surface area contributed by atoms with E-state index in [0.29, 0.717) is 12.5 Å². The van der Waals surface area contributed by atoms with E-state index in [1.165, 1.54) is 10.8 Å². The van der Waals surface area contributed by atoms with Gasteiger partial charge in [-0.1, -0.05) is 36.4 Å². The van der Waals surface area contributed by atoms with Gasteiger partial charge in [0, 0.05) is 24.8 Å². The summed E-state index contributed by atoms with van der Waals surface area (Å²) in [6.07, 6.45) is 1.53. The Morgan fingerprint density at radius 1 is 1.16 bits per heavy atom. The lowest BCUT2D eigenvalue weighted by atomic mass is 10.1. The van der Waals surface area contributed by atoms with Gasteiger partial charge in [-0.05, 0) is 29.3 Å². The first-order chi connectivity index (χ1) is 12.2. The van der Waals surface area contributed by atoms with Crippen LogP contribution in [0.25, 0.3) is 22.0 Å². The predicted molar refractivity (Wildman–Crippen MR) is 96.8 cm³/mol. The molecule has 0 aliphatic carbocycles. The quantitative estimate of drug-likeness (QED) is 0.769. The van der Waals surface area contributed by atoms with E-state index in [0.717, 1.165) is 24.2 Å². The Balaban J connectivity index is 1.59. The molecule has 0 saturated carbocycles. The standard InChI is InChI=1S/C19H18N4O2/c24-19(25)21-16-8-10-23(12-16)18-20-9-7-17(22-18)15-6-5-13-3-1-2-4-14(13)11-15/h1-7,9,11,16,21H,8,10,12H2,(H,24,25)/t16-/m1/s1. The van der Waals surface area contributed by atoms with Gasteiger partial charge in [-0.2, -0.15) is 0 Å². The Morgan fingerprint density at radius 2 is 2.00 bits per heavy atom. The van der Waals surface area contributed by atoms with Crippen LogP contribution in [0, 0.1) is 0 Å². The van der Waals surface area contributed by atoms with E-state index >= 15 is 0 Å². The summed E-state index contributed by atoms with van der Waals surface area (Å²) in [6.45, 7) is 1.33. The Kier molecular flexibility index (Phi) is 3.93. The average Bonchev–Trinajstić information content (AvgIpc) is 3.09. The Morgan fingerprint density at radius 3 is 2.84 bits per heavy atom. The molecule has 0 spiro atoms. The zero-order chi connectivity index (χ0) is 17.2. The fourth-order valence-electron chi connectivity index (χ4n) is 3.24. The van der Waals surface area contributed by atoms with Gasteiger partial charge in [0.15, 0.2) is 0 Å². The maximum Gasteiger partial charge on any atom is 0.404 e. The molecule has 2 heterocycles. The van der Waals surface area contributed by atoms with E-state index < -0.39 is 6.09 Å². The van der Waals surface area contributed by atoms with Crippen LogP contribution in [0.5, 0.6) is 0 Å². The van der Waals surface area contributed by atoms with E-state index in [4.69, 9.17) is 5.11 Å². The summed E-state index contributed by atoms with van der Waals surface area (Å²) in [5.41, 5.74) is 1.91. The molecule has 0 bridgehead atoms. The summed E-state index contributed by atoms with van der Waals surface area (Å²) >= 11 is 0. The van der Waals surface area contributed by atoms with Crippen molar-refractivity contribution in [2.24, 2.45) is 0 Å². The highest BCUT2D eigenvalue weighted by molar-refractivity contribution is 5.86. The highest BCUT2D eigenvalue weighted by Gasteiger charge is 2.25. The first kappa shape index (κ1) is 15.4. The van der Waals surface area contributed by atoms with E-state index in [2.05, 4.69) is 45.6 Å². The van der Waals surface area contributed by atoms with Gasteiger partial charge in [0.2, 0.25) is 5.95 Å². The van der Waals surface area contributed by atoms with Gasteiger partial charge in [-0.15, -0.1) is 0 Å². The molecule has 0 radical (unpaired) electrons. The van der Waals surface area contributed by atoms with Crippen LogP contribution in [0.1, 0.15) is 6.42 Å². The number of carboxylic acid groups (broad SMARTS) is 1. The fourth-order valence-corrected chi connectivity index (χ4v) is 3.24. The van der Waals surface area contributed by atoms with Crippen LogP contribution in [0.4, 0.5) is 10.7 Å². The van der Waals surface area contributed by atoms with Crippen molar-refractivity contribution >= 4 is 22.8 Å². The topological polar surface area (TPSA) is 78.4 Å². The van der Waals surface area contributed by atoms with Gasteiger partial charge < -0.3 is 15.3 Å². The molecule has 1 aromatic heterocycles. The van der Waals surface area contributed by atoms with Crippen molar-refractivity contribution in [1.82, 2.24) is 15.3 Å². The van der Waals surface area contributed by atoms with Crippen LogP contribution in [0.3, 0.4) is 0 Å². The van der Waals surface area contributed by atoms with Crippen molar-refractivity contribution in [3.8, 4) is 11.3 Å². The summed E-state index contributed by atoms with van der Waals surface area (Å²) in [5, 5.41) is 13.7. The van der Waals surface area contributed by atoms with E-state index in [1.54, 1.807) is 6.20 Å². The molecule has 1 amide bonds. The van der Waals surface area contributed by atoms with Crippen molar-refractivity contribution in [3.05, 3.63) is 54.7 Å². The molecule has 3 aromatic rings. The minimum Gasteiger partial charge on any atom is -0.465 e. The summed E-state index contributed by atoms with van der Waals surface area (Å²) in [4.78, 5) is 21.9. The molecule has 6 heteroatoms. The molecule has 0 unspecified atom stereocenters. The number of carbonyl (C=O) groups is 1. The SMILES string of the molecule is O=C(O)N[C@@H]1CCN(c2nccc(-c3ccc4ccccc4c3)n2)C1. The molecule has 25 heavy (non-hydrogen) atoms. The molecule has 1 saturated heterocycles. The molecule has 4 rings (SSSR count). The largest absolute Gasteiger partial charge is 0.465 e. The Hall–Kier alpha value is -3.15. The minimum atomic E-state index is -0.988. The monoisotopic (exact) mass is 334 g/mol. The van der Waals surface area contributed by atoms with Gasteiger partial charge in [0.25, 0.3) is 0 Å². The second kappa shape index (κ2) is 6.39. The van der Waals surface area contributed by atoms with Gasteiger partial charge in [-0.3, -0.25) is 0 Å². The zero-order valence-corrected chi connectivity index (χ0v) is 13.6. The third-order valence-electron chi connectivity index (χ3n) is 4.49. The number of aromatic nitrogens is 2. The van der Waals surface area contributed by atoms with Crippen LogP contribution >= 0.6 is 0 Å². The van der Waals surface area contributed by atoms with Gasteiger partial charge in [0.05, 0.1) is 11.7 Å². The van der Waals surface area contributed by atoms with Crippen molar-refractivity contribution in [2.45, 2.75) is 12.5 Å². The second-order valence-corrected chi connectivity index (χ2v) is 6.18. The van der Waals surface area contributed by atoms with Crippen LogP contribution in [0.2, 0.25) is 0 Å². The predicted octanol–water partition coefficient (Wildman–Crippen LogP) is 3.14. The first-order valence-electron chi connectivity index (χ1n) is 8.26. The molecule has 2 N–H and O–H groups in total. The maximum absolute atomic E-state index is 10.8. The number of amides is 1. The molecular weight excluding hydrogens is 316 g/mol. The molecule has 126 valence electrons. The number of anilines is 1. The normalized spacial score (nSPS) is 17.0. The minimum absolute atomic E-state index is 0.0783. The van der Waals surface area contributed by atoms with Crippen LogP contribution in [0.15, 0.2) is 54.7 Å². The molecule has 6 nitrogen and oxygen atoms in total. The Labute approximate surface area is 145 Å². The zero-order valence-electron chi connectivity index (χ0n) is 13.6. The fraction of sp³-hybridized carbons (Fsp3) is 0.211.